The number of hydrogen-bond acceptors (Lipinski definition) is 9. The minimum atomic E-state index is -1.66. The second kappa shape index (κ2) is 13.7. The van der Waals surface area contributed by atoms with Crippen molar-refractivity contribution in [3.63, 3.8) is 0 Å². The summed E-state index contributed by atoms with van der Waals surface area (Å²) < 4.78 is 23.1. The molecule has 0 spiro atoms. The molecular formula is C27H28O9S. The molecule has 1 aliphatic rings. The summed E-state index contributed by atoms with van der Waals surface area (Å²) in [6, 6.07) is 17.1. The summed E-state index contributed by atoms with van der Waals surface area (Å²) in [6.07, 6.45) is -4.38. The van der Waals surface area contributed by atoms with Gasteiger partial charge in [0.1, 0.15) is 17.3 Å². The molecule has 1 N–H and O–H groups in total. The van der Waals surface area contributed by atoms with Gasteiger partial charge in [0.25, 0.3) is 0 Å². The molecule has 1 fully saturated rings. The van der Waals surface area contributed by atoms with Gasteiger partial charge in [0.2, 0.25) is 0 Å². The van der Waals surface area contributed by atoms with Crippen molar-refractivity contribution in [1.82, 2.24) is 0 Å². The number of benzene rings is 2. The minimum Gasteiger partial charge on any atom is -0.479 e. The van der Waals surface area contributed by atoms with Gasteiger partial charge in [-0.2, -0.15) is 0 Å². The molecule has 0 aromatic heterocycles. The number of hydrogen-bond donors (Lipinski definition) is 1. The standard InChI is InChI=1S/C27H28O9S/c1-3-16-33-24-22(34-20(29)15-14-17(2)28)21(35-26(32)18-10-6-4-7-11-18)23(25(30)31)36-27(24)37-19-12-8-5-9-13-19/h3-13,21-24,27H,1,14-16H2,2H3,(H,30,31)/t21-,22+,23+,24-,27+/m1/s1. The largest absolute Gasteiger partial charge is 0.479 e. The molecule has 0 saturated carbocycles. The van der Waals surface area contributed by atoms with Crippen LogP contribution in [-0.2, 0) is 33.3 Å². The van der Waals surface area contributed by atoms with Gasteiger partial charge in [0, 0.05) is 11.3 Å². The zero-order valence-electron chi connectivity index (χ0n) is 20.2. The second-order valence-electron chi connectivity index (χ2n) is 8.17. The molecule has 2 aromatic rings. The molecule has 1 heterocycles. The van der Waals surface area contributed by atoms with E-state index < -0.39 is 47.8 Å². The maximum Gasteiger partial charge on any atom is 0.338 e. The topological polar surface area (TPSA) is 125 Å². The predicted molar refractivity (Wildman–Crippen MR) is 134 cm³/mol. The number of Topliss-reactive ketones (excluding diaryl/α,β-unsaturated/α-hetero) is 1. The first kappa shape index (κ1) is 28.1. The third kappa shape index (κ3) is 8.01. The number of thioether (sulfide) groups is 1. The van der Waals surface area contributed by atoms with Crippen molar-refractivity contribution in [3.8, 4) is 0 Å². The number of ether oxygens (including phenoxy) is 4. The molecule has 0 radical (unpaired) electrons. The van der Waals surface area contributed by atoms with Crippen LogP contribution in [0, 0.1) is 0 Å². The molecule has 196 valence electrons. The lowest BCUT2D eigenvalue weighted by molar-refractivity contribution is -0.228. The van der Waals surface area contributed by atoms with Crippen molar-refractivity contribution >= 4 is 35.5 Å². The highest BCUT2D eigenvalue weighted by Crippen LogP contribution is 2.37. The first-order valence-electron chi connectivity index (χ1n) is 11.6. The maximum atomic E-state index is 12.9. The molecule has 9 nitrogen and oxygen atoms in total. The van der Waals surface area contributed by atoms with Gasteiger partial charge in [-0.05, 0) is 31.2 Å². The highest BCUT2D eigenvalue weighted by Gasteiger charge is 2.54. The van der Waals surface area contributed by atoms with Crippen LogP contribution in [0.25, 0.3) is 0 Å². The Morgan fingerprint density at radius 1 is 0.946 bits per heavy atom. The molecule has 0 unspecified atom stereocenters. The van der Waals surface area contributed by atoms with Gasteiger partial charge in [-0.15, -0.1) is 6.58 Å². The van der Waals surface area contributed by atoms with E-state index in [4.69, 9.17) is 18.9 Å². The van der Waals surface area contributed by atoms with Crippen molar-refractivity contribution in [3.05, 3.63) is 78.9 Å². The lowest BCUT2D eigenvalue weighted by atomic mass is 9.98. The third-order valence-electron chi connectivity index (χ3n) is 5.34. The summed E-state index contributed by atoms with van der Waals surface area (Å²) >= 11 is 1.18. The van der Waals surface area contributed by atoms with E-state index >= 15 is 0 Å². The fourth-order valence-electron chi connectivity index (χ4n) is 3.61. The fourth-order valence-corrected chi connectivity index (χ4v) is 4.74. The van der Waals surface area contributed by atoms with Crippen LogP contribution in [0.5, 0.6) is 0 Å². The van der Waals surface area contributed by atoms with Gasteiger partial charge in [-0.3, -0.25) is 4.79 Å². The molecule has 0 aliphatic carbocycles. The summed E-state index contributed by atoms with van der Waals surface area (Å²) in [6.45, 7) is 5.01. The van der Waals surface area contributed by atoms with Crippen molar-refractivity contribution in [1.29, 1.82) is 0 Å². The van der Waals surface area contributed by atoms with Gasteiger partial charge >= 0.3 is 17.9 Å². The van der Waals surface area contributed by atoms with E-state index in [9.17, 15) is 24.3 Å². The summed E-state index contributed by atoms with van der Waals surface area (Å²) in [4.78, 5) is 50.0. The second-order valence-corrected chi connectivity index (χ2v) is 9.35. The average Bonchev–Trinajstić information content (AvgIpc) is 2.89. The Labute approximate surface area is 218 Å². The Bertz CT molecular complexity index is 1090. The number of esters is 2. The highest BCUT2D eigenvalue weighted by molar-refractivity contribution is 7.99. The van der Waals surface area contributed by atoms with Crippen LogP contribution in [-0.4, -0.2) is 65.3 Å². The van der Waals surface area contributed by atoms with Crippen LogP contribution >= 0.6 is 11.8 Å². The monoisotopic (exact) mass is 528 g/mol. The zero-order chi connectivity index (χ0) is 26.8. The third-order valence-corrected chi connectivity index (χ3v) is 6.50. The normalized spacial score (nSPS) is 23.0. The van der Waals surface area contributed by atoms with Gasteiger partial charge in [0.05, 0.1) is 18.6 Å². The molecule has 3 rings (SSSR count). The van der Waals surface area contributed by atoms with Gasteiger partial charge in [-0.25, -0.2) is 9.59 Å². The summed E-state index contributed by atoms with van der Waals surface area (Å²) in [7, 11) is 0. The van der Waals surface area contributed by atoms with Crippen LogP contribution in [0.2, 0.25) is 0 Å². The van der Waals surface area contributed by atoms with E-state index in [1.54, 1.807) is 18.2 Å². The smallest absolute Gasteiger partial charge is 0.338 e. The van der Waals surface area contributed by atoms with Gasteiger partial charge in [-0.1, -0.05) is 54.2 Å². The first-order chi connectivity index (χ1) is 17.8. The van der Waals surface area contributed by atoms with Crippen molar-refractivity contribution < 1.29 is 43.2 Å². The van der Waals surface area contributed by atoms with E-state index in [0.717, 1.165) is 4.90 Å². The number of rotatable bonds is 12. The number of aliphatic carboxylic acids is 1. The Morgan fingerprint density at radius 2 is 1.59 bits per heavy atom. The Morgan fingerprint density at radius 3 is 2.19 bits per heavy atom. The molecule has 1 saturated heterocycles. The lowest BCUT2D eigenvalue weighted by Crippen LogP contribution is -2.62. The number of carboxylic acids is 1. The molecule has 2 aromatic carbocycles. The van der Waals surface area contributed by atoms with E-state index in [2.05, 4.69) is 6.58 Å². The van der Waals surface area contributed by atoms with Gasteiger partial charge in [0.15, 0.2) is 18.3 Å². The van der Waals surface area contributed by atoms with E-state index in [1.807, 2.05) is 30.3 Å². The van der Waals surface area contributed by atoms with Crippen LogP contribution in [0.1, 0.15) is 30.1 Å². The van der Waals surface area contributed by atoms with Crippen molar-refractivity contribution in [2.24, 2.45) is 0 Å². The summed E-state index contributed by atoms with van der Waals surface area (Å²) in [5, 5.41) is 10.00. The van der Waals surface area contributed by atoms with Crippen LogP contribution in [0.4, 0.5) is 0 Å². The zero-order valence-corrected chi connectivity index (χ0v) is 21.0. The summed E-state index contributed by atoms with van der Waals surface area (Å²) in [5.74, 6) is -3.20. The Balaban J connectivity index is 1.98. The Hall–Kier alpha value is -3.47. The number of carbonyl (C=O) groups excluding carboxylic acids is 3. The van der Waals surface area contributed by atoms with Crippen molar-refractivity contribution in [2.45, 2.75) is 54.5 Å². The molecule has 5 atom stereocenters. The van der Waals surface area contributed by atoms with Crippen LogP contribution in [0.3, 0.4) is 0 Å². The summed E-state index contributed by atoms with van der Waals surface area (Å²) in [5.41, 5.74) is -0.765. The number of carboxylic acid groups (broad SMARTS) is 1. The van der Waals surface area contributed by atoms with E-state index in [-0.39, 0.29) is 30.8 Å². The molecule has 1 aliphatic heterocycles. The number of carbonyl (C=O) groups is 4. The van der Waals surface area contributed by atoms with Crippen molar-refractivity contribution in [2.75, 3.05) is 6.61 Å². The SMILES string of the molecule is C=CCO[C@@H]1[C@@H](OC(=O)CCC(C)=O)[C@@H](OC(=O)c2ccccc2)[C@@H](C(=O)O)O[C@H]1Sc1ccccc1. The molecule has 0 bridgehead atoms. The molecule has 37 heavy (non-hydrogen) atoms. The quantitative estimate of drug-likeness (QED) is 0.322. The highest BCUT2D eigenvalue weighted by atomic mass is 32.2. The molecule has 10 heteroatoms. The molecule has 0 amide bonds. The molecular weight excluding hydrogens is 500 g/mol. The average molecular weight is 529 g/mol. The predicted octanol–water partition coefficient (Wildman–Crippen LogP) is 3.67. The Kier molecular flexibility index (Phi) is 10.4. The fraction of sp³-hybridized carbons (Fsp3) is 0.333. The van der Waals surface area contributed by atoms with Crippen LogP contribution < -0.4 is 0 Å². The van der Waals surface area contributed by atoms with E-state index in [0.29, 0.717) is 0 Å². The van der Waals surface area contributed by atoms with Crippen LogP contribution in [0.15, 0.2) is 78.2 Å². The number of ketones is 1. The first-order valence-corrected chi connectivity index (χ1v) is 12.5. The van der Waals surface area contributed by atoms with Gasteiger partial charge < -0.3 is 28.8 Å². The maximum absolute atomic E-state index is 12.9. The lowest BCUT2D eigenvalue weighted by Gasteiger charge is -2.43. The minimum absolute atomic E-state index is 0.0263. The van der Waals surface area contributed by atoms with E-state index in [1.165, 1.54) is 36.9 Å².